The lowest BCUT2D eigenvalue weighted by molar-refractivity contribution is -0.137. The van der Waals surface area contributed by atoms with E-state index in [2.05, 4.69) is 10.3 Å². The average molecular weight is 269 g/mol. The maximum absolute atomic E-state index is 11.9. The lowest BCUT2D eigenvalue weighted by Crippen LogP contribution is -2.43. The topological polar surface area (TPSA) is 82.5 Å². The van der Waals surface area contributed by atoms with E-state index < -0.39 is 5.97 Å². The van der Waals surface area contributed by atoms with Crippen LogP contribution in [0.5, 0.6) is 0 Å². The first-order valence-corrected chi connectivity index (χ1v) is 6.65. The summed E-state index contributed by atoms with van der Waals surface area (Å²) in [6, 6.07) is -0.322. The van der Waals surface area contributed by atoms with Gasteiger partial charge in [0, 0.05) is 17.6 Å². The highest BCUT2D eigenvalue weighted by Crippen LogP contribution is 2.29. The third-order valence-electron chi connectivity index (χ3n) is 2.69. The molecule has 2 amide bonds. The fourth-order valence-electron chi connectivity index (χ4n) is 1.60. The van der Waals surface area contributed by atoms with Crippen LogP contribution >= 0.6 is 11.3 Å². The molecule has 1 heterocycles. The van der Waals surface area contributed by atoms with Gasteiger partial charge in [0.05, 0.1) is 12.1 Å². The van der Waals surface area contributed by atoms with Crippen molar-refractivity contribution in [1.82, 2.24) is 15.2 Å². The molecular weight excluding hydrogens is 254 g/mol. The van der Waals surface area contributed by atoms with Crippen molar-refractivity contribution in [2.75, 3.05) is 13.1 Å². The van der Waals surface area contributed by atoms with E-state index in [4.69, 9.17) is 5.11 Å². The van der Waals surface area contributed by atoms with Crippen LogP contribution in [-0.2, 0) is 11.3 Å². The maximum Gasteiger partial charge on any atom is 0.323 e. The summed E-state index contributed by atoms with van der Waals surface area (Å²) in [5, 5.41) is 11.5. The van der Waals surface area contributed by atoms with Crippen molar-refractivity contribution in [2.24, 2.45) is 5.92 Å². The number of aromatic nitrogens is 1. The number of urea groups is 1. The van der Waals surface area contributed by atoms with Gasteiger partial charge < -0.3 is 15.3 Å². The van der Waals surface area contributed by atoms with E-state index >= 15 is 0 Å². The van der Waals surface area contributed by atoms with Crippen LogP contribution in [0.4, 0.5) is 4.79 Å². The number of aliphatic carboxylic acids is 1. The molecule has 1 aromatic heterocycles. The summed E-state index contributed by atoms with van der Waals surface area (Å²) in [7, 11) is 0. The molecular formula is C11H15N3O3S. The van der Waals surface area contributed by atoms with Gasteiger partial charge in [0.15, 0.2) is 0 Å². The second-order valence-electron chi connectivity index (χ2n) is 4.34. The van der Waals surface area contributed by atoms with Crippen molar-refractivity contribution >= 4 is 23.3 Å². The molecule has 1 aliphatic carbocycles. The van der Waals surface area contributed by atoms with Crippen molar-refractivity contribution in [3.8, 4) is 0 Å². The smallest absolute Gasteiger partial charge is 0.323 e. The van der Waals surface area contributed by atoms with Gasteiger partial charge in [-0.3, -0.25) is 9.78 Å². The highest BCUT2D eigenvalue weighted by Gasteiger charge is 2.27. The van der Waals surface area contributed by atoms with Gasteiger partial charge in [-0.05, 0) is 18.8 Å². The first kappa shape index (κ1) is 12.8. The molecule has 7 heteroatoms. The molecule has 6 nitrogen and oxygen atoms in total. The number of thiazole rings is 1. The van der Waals surface area contributed by atoms with Gasteiger partial charge in [0.2, 0.25) is 0 Å². The number of rotatable bonds is 6. The summed E-state index contributed by atoms with van der Waals surface area (Å²) in [4.78, 5) is 28.8. The highest BCUT2D eigenvalue weighted by molar-refractivity contribution is 7.09. The average Bonchev–Trinajstić information content (AvgIpc) is 2.98. The number of carboxylic acid groups (broad SMARTS) is 1. The molecule has 18 heavy (non-hydrogen) atoms. The second kappa shape index (κ2) is 5.81. The Morgan fingerprint density at radius 3 is 2.89 bits per heavy atom. The van der Waals surface area contributed by atoms with E-state index in [-0.39, 0.29) is 12.6 Å². The van der Waals surface area contributed by atoms with Crippen molar-refractivity contribution in [3.63, 3.8) is 0 Å². The number of hydrogen-bond donors (Lipinski definition) is 2. The Balaban J connectivity index is 1.83. The van der Waals surface area contributed by atoms with Crippen molar-refractivity contribution in [1.29, 1.82) is 0 Å². The van der Waals surface area contributed by atoms with Gasteiger partial charge in [-0.25, -0.2) is 4.79 Å². The molecule has 0 atom stereocenters. The predicted octanol–water partition coefficient (Wildman–Crippen LogP) is 1.15. The second-order valence-corrected chi connectivity index (χ2v) is 5.31. The van der Waals surface area contributed by atoms with Gasteiger partial charge in [-0.2, -0.15) is 0 Å². The molecule has 0 saturated heterocycles. The number of hydrogen-bond acceptors (Lipinski definition) is 4. The number of nitrogens with one attached hydrogen (secondary N) is 1. The van der Waals surface area contributed by atoms with E-state index in [0.29, 0.717) is 19.0 Å². The fourth-order valence-corrected chi connectivity index (χ4v) is 2.13. The summed E-state index contributed by atoms with van der Waals surface area (Å²) < 4.78 is 0. The molecule has 2 N–H and O–H groups in total. The molecule has 2 rings (SSSR count). The first-order valence-electron chi connectivity index (χ1n) is 5.77. The minimum absolute atomic E-state index is 0.245. The summed E-state index contributed by atoms with van der Waals surface area (Å²) >= 11 is 1.46. The molecule has 0 radical (unpaired) electrons. The van der Waals surface area contributed by atoms with Crippen LogP contribution in [-0.4, -0.2) is 40.1 Å². The zero-order valence-corrected chi connectivity index (χ0v) is 10.7. The van der Waals surface area contributed by atoms with E-state index in [0.717, 1.165) is 17.7 Å². The fraction of sp³-hybridized carbons (Fsp3) is 0.545. The minimum atomic E-state index is -0.983. The quantitative estimate of drug-likeness (QED) is 0.811. The van der Waals surface area contributed by atoms with Crippen LogP contribution in [0.25, 0.3) is 0 Å². The third kappa shape index (κ3) is 3.99. The van der Waals surface area contributed by atoms with Crippen LogP contribution in [0.3, 0.4) is 0 Å². The van der Waals surface area contributed by atoms with Crippen LogP contribution in [0, 0.1) is 5.92 Å². The zero-order valence-electron chi connectivity index (χ0n) is 9.83. The van der Waals surface area contributed by atoms with Crippen molar-refractivity contribution in [3.05, 3.63) is 16.6 Å². The molecule has 1 saturated carbocycles. The molecule has 0 aliphatic heterocycles. The molecule has 0 aromatic carbocycles. The summed E-state index contributed by atoms with van der Waals surface area (Å²) in [6.07, 6.45) is 3.85. The molecule has 1 aliphatic rings. The van der Waals surface area contributed by atoms with Crippen molar-refractivity contribution < 1.29 is 14.7 Å². The molecule has 98 valence electrons. The Kier molecular flexibility index (Phi) is 4.14. The lowest BCUT2D eigenvalue weighted by atomic mass is 10.3. The molecule has 0 bridgehead atoms. The Morgan fingerprint density at radius 1 is 1.56 bits per heavy atom. The van der Waals surface area contributed by atoms with Gasteiger partial charge in [-0.15, -0.1) is 11.3 Å². The van der Waals surface area contributed by atoms with Gasteiger partial charge in [0.1, 0.15) is 6.54 Å². The van der Waals surface area contributed by atoms with E-state index in [1.165, 1.54) is 16.2 Å². The largest absolute Gasteiger partial charge is 0.480 e. The highest BCUT2D eigenvalue weighted by atomic mass is 32.1. The molecule has 1 fully saturated rings. The lowest BCUT2D eigenvalue weighted by Gasteiger charge is -2.20. The Bertz CT molecular complexity index is 417. The third-order valence-corrected chi connectivity index (χ3v) is 3.47. The van der Waals surface area contributed by atoms with E-state index in [1.807, 2.05) is 0 Å². The number of carboxylic acids is 1. The monoisotopic (exact) mass is 269 g/mol. The number of nitrogens with zero attached hydrogens (tertiary/aromatic N) is 2. The van der Waals surface area contributed by atoms with Crippen LogP contribution in [0.2, 0.25) is 0 Å². The Hall–Kier alpha value is -1.63. The normalized spacial score (nSPS) is 14.2. The number of carbonyl (C=O) groups is 2. The maximum atomic E-state index is 11.9. The molecule has 1 aromatic rings. The predicted molar refractivity (Wildman–Crippen MR) is 66.3 cm³/mol. The summed E-state index contributed by atoms with van der Waals surface area (Å²) in [6.45, 7) is 0.677. The van der Waals surface area contributed by atoms with Gasteiger partial charge >= 0.3 is 12.0 Å². The van der Waals surface area contributed by atoms with Crippen LogP contribution < -0.4 is 5.32 Å². The van der Waals surface area contributed by atoms with Crippen molar-refractivity contribution in [2.45, 2.75) is 19.4 Å². The number of amides is 2. The summed E-state index contributed by atoms with van der Waals surface area (Å²) in [5.74, 6) is -0.512. The standard InChI is InChI=1S/C11H15N3O3S/c15-10(16)6-14(5-8-1-2-8)11(17)13-4-9-3-12-7-18-9/h3,7-8H,1-2,4-6H2,(H,13,17)(H,15,16). The van der Waals surface area contributed by atoms with Crippen LogP contribution in [0.15, 0.2) is 11.7 Å². The van der Waals surface area contributed by atoms with Crippen LogP contribution in [0.1, 0.15) is 17.7 Å². The van der Waals surface area contributed by atoms with E-state index in [1.54, 1.807) is 11.7 Å². The molecule has 0 unspecified atom stereocenters. The van der Waals surface area contributed by atoms with Gasteiger partial charge in [-0.1, -0.05) is 0 Å². The molecule has 0 spiro atoms. The number of carbonyl (C=O) groups excluding carboxylic acids is 1. The minimum Gasteiger partial charge on any atom is -0.480 e. The Morgan fingerprint density at radius 2 is 2.33 bits per heavy atom. The Labute approximate surface area is 109 Å². The zero-order chi connectivity index (χ0) is 13.0. The van der Waals surface area contributed by atoms with Gasteiger partial charge in [0.25, 0.3) is 0 Å². The first-order chi connectivity index (χ1) is 8.65. The van der Waals surface area contributed by atoms with E-state index in [9.17, 15) is 9.59 Å². The summed E-state index contributed by atoms with van der Waals surface area (Å²) in [5.41, 5.74) is 1.70. The SMILES string of the molecule is O=C(O)CN(CC1CC1)C(=O)NCc1cncs1.